The third kappa shape index (κ3) is 3.21. The minimum Gasteiger partial charge on any atom is -0.310 e. The number of hydrogen-bond donors (Lipinski definition) is 0. The number of benzene rings is 7. The lowest BCUT2D eigenvalue weighted by Gasteiger charge is -2.27. The Balaban J connectivity index is 1.48. The number of anilines is 3. The molecule has 42 heavy (non-hydrogen) atoms. The molecule has 1 heterocycles. The molecule has 0 saturated carbocycles. The van der Waals surface area contributed by atoms with Crippen LogP contribution in [-0.4, -0.2) is 4.57 Å². The van der Waals surface area contributed by atoms with E-state index in [-0.39, 0.29) is 0 Å². The van der Waals surface area contributed by atoms with Gasteiger partial charge in [0.25, 0.3) is 0 Å². The number of fused-ring (bicyclic) bond motifs is 3. The van der Waals surface area contributed by atoms with Crippen molar-refractivity contribution in [2.75, 3.05) is 4.90 Å². The summed E-state index contributed by atoms with van der Waals surface area (Å²) in [5.41, 5.74) is 12.2. The fraction of sp³-hybridized carbons (Fsp3) is 0. The summed E-state index contributed by atoms with van der Waals surface area (Å²) in [5, 5.41) is 5.18. The zero-order valence-corrected chi connectivity index (χ0v) is 22.9. The highest BCUT2D eigenvalue weighted by molar-refractivity contribution is 6.32. The van der Waals surface area contributed by atoms with Crippen LogP contribution in [0.1, 0.15) is 0 Å². The number of aromatic nitrogens is 1. The van der Waals surface area contributed by atoms with Crippen LogP contribution in [0.5, 0.6) is 0 Å². The van der Waals surface area contributed by atoms with Gasteiger partial charge in [-0.1, -0.05) is 103 Å². The normalized spacial score (nSPS) is 11.8. The molecule has 0 bridgehead atoms. The second-order valence-corrected chi connectivity index (χ2v) is 10.9. The van der Waals surface area contributed by atoms with E-state index in [2.05, 4.69) is 167 Å². The van der Waals surface area contributed by atoms with Crippen LogP contribution in [0.15, 0.2) is 158 Å². The molecule has 196 valence electrons. The number of para-hydroxylation sites is 3. The van der Waals surface area contributed by atoms with E-state index >= 15 is 0 Å². The molecule has 2 heteroatoms. The Morgan fingerprint density at radius 1 is 0.357 bits per heavy atom. The Labute approximate surface area is 244 Å². The zero-order valence-electron chi connectivity index (χ0n) is 22.9. The first kappa shape index (κ1) is 23.1. The van der Waals surface area contributed by atoms with Gasteiger partial charge in [-0.05, 0) is 76.9 Å². The van der Waals surface area contributed by atoms with Crippen molar-refractivity contribution in [3.63, 3.8) is 0 Å². The van der Waals surface area contributed by atoms with Crippen molar-refractivity contribution < 1.29 is 0 Å². The number of rotatable bonds is 4. The Morgan fingerprint density at radius 2 is 0.905 bits per heavy atom. The predicted octanol–water partition coefficient (Wildman–Crippen LogP) is 11.1. The molecular weight excluding hydrogens is 508 g/mol. The maximum absolute atomic E-state index is 2.43. The van der Waals surface area contributed by atoms with Crippen molar-refractivity contribution >= 4 is 49.6 Å². The quantitative estimate of drug-likeness (QED) is 0.218. The summed E-state index contributed by atoms with van der Waals surface area (Å²) in [5.74, 6) is 0. The van der Waals surface area contributed by atoms with Crippen molar-refractivity contribution in [2.45, 2.75) is 0 Å². The van der Waals surface area contributed by atoms with Crippen molar-refractivity contribution in [1.29, 1.82) is 0 Å². The number of hydrogen-bond acceptors (Lipinski definition) is 1. The van der Waals surface area contributed by atoms with Crippen molar-refractivity contribution in [2.24, 2.45) is 0 Å². The molecule has 1 aliphatic carbocycles. The van der Waals surface area contributed by atoms with Crippen molar-refractivity contribution in [3.05, 3.63) is 158 Å². The Hall–Kier alpha value is -5.60. The van der Waals surface area contributed by atoms with Crippen molar-refractivity contribution in [1.82, 2.24) is 4.57 Å². The van der Waals surface area contributed by atoms with E-state index < -0.39 is 0 Å². The molecule has 2 nitrogen and oxygen atoms in total. The van der Waals surface area contributed by atoms with E-state index in [1.807, 2.05) is 0 Å². The third-order valence-corrected chi connectivity index (χ3v) is 8.70. The zero-order chi connectivity index (χ0) is 27.6. The molecule has 0 saturated heterocycles. The fourth-order valence-electron chi connectivity index (χ4n) is 7.01. The maximum atomic E-state index is 2.43. The summed E-state index contributed by atoms with van der Waals surface area (Å²) in [6.07, 6.45) is 0. The highest BCUT2D eigenvalue weighted by Crippen LogP contribution is 2.52. The van der Waals surface area contributed by atoms with Crippen LogP contribution in [0.4, 0.5) is 17.1 Å². The van der Waals surface area contributed by atoms with E-state index in [1.54, 1.807) is 0 Å². The summed E-state index contributed by atoms with van der Waals surface area (Å²) >= 11 is 0. The van der Waals surface area contributed by atoms with Crippen LogP contribution in [0.25, 0.3) is 60.5 Å². The third-order valence-electron chi connectivity index (χ3n) is 8.70. The van der Waals surface area contributed by atoms with Gasteiger partial charge in [-0.2, -0.15) is 0 Å². The molecule has 0 spiro atoms. The van der Waals surface area contributed by atoms with Gasteiger partial charge in [-0.25, -0.2) is 0 Å². The topological polar surface area (TPSA) is 8.17 Å². The second-order valence-electron chi connectivity index (χ2n) is 10.9. The van der Waals surface area contributed by atoms with Crippen molar-refractivity contribution in [3.8, 4) is 27.9 Å². The molecule has 1 aliphatic rings. The average Bonchev–Trinajstić information content (AvgIpc) is 3.35. The van der Waals surface area contributed by atoms with Crippen LogP contribution in [0.3, 0.4) is 0 Å². The minimum atomic E-state index is 1.14. The smallest absolute Gasteiger partial charge is 0.0548 e. The summed E-state index contributed by atoms with van der Waals surface area (Å²) in [7, 11) is 0. The summed E-state index contributed by atoms with van der Waals surface area (Å²) in [6.45, 7) is 0. The Morgan fingerprint density at radius 3 is 1.57 bits per heavy atom. The van der Waals surface area contributed by atoms with Gasteiger partial charge in [0.15, 0.2) is 0 Å². The van der Waals surface area contributed by atoms with E-state index in [4.69, 9.17) is 0 Å². The average molecular weight is 535 g/mol. The van der Waals surface area contributed by atoms with Crippen LogP contribution >= 0.6 is 0 Å². The highest BCUT2D eigenvalue weighted by atomic mass is 15.1. The van der Waals surface area contributed by atoms with Gasteiger partial charge in [-0.3, -0.25) is 0 Å². The molecule has 8 aromatic rings. The van der Waals surface area contributed by atoms with Crippen LogP contribution in [0, 0.1) is 0 Å². The van der Waals surface area contributed by atoms with Gasteiger partial charge in [0.1, 0.15) is 0 Å². The van der Waals surface area contributed by atoms with E-state index in [1.165, 1.54) is 66.2 Å². The first-order valence-electron chi connectivity index (χ1n) is 14.5. The molecule has 1 aromatic heterocycles. The molecule has 0 unspecified atom stereocenters. The lowest BCUT2D eigenvalue weighted by molar-refractivity contribution is 1.18. The molecule has 7 aromatic carbocycles. The molecule has 0 N–H and O–H groups in total. The van der Waals surface area contributed by atoms with Crippen LogP contribution < -0.4 is 4.90 Å². The standard InChI is InChI=1S/C40H26N2/c1-4-13-27(14-5-1)41(28-15-6-2-7-16-28)35-25-23-33-31-20-11-10-19-30(31)32-21-12-22-36-39(32)40-37(26-24-34(35)38(33)40)42(36)29-17-8-3-9-18-29/h1-26H. The van der Waals surface area contributed by atoms with Gasteiger partial charge in [-0.15, -0.1) is 0 Å². The number of nitrogens with zero attached hydrogens (tertiary/aromatic N) is 2. The summed E-state index contributed by atoms with van der Waals surface area (Å²) in [6, 6.07) is 57.1. The monoisotopic (exact) mass is 534 g/mol. The second kappa shape index (κ2) is 8.95. The minimum absolute atomic E-state index is 1.14. The highest BCUT2D eigenvalue weighted by Gasteiger charge is 2.26. The van der Waals surface area contributed by atoms with E-state index in [0.717, 1.165) is 11.4 Å². The van der Waals surface area contributed by atoms with Gasteiger partial charge in [0.05, 0.1) is 16.7 Å². The first-order chi connectivity index (χ1) is 20.9. The fourth-order valence-corrected chi connectivity index (χ4v) is 7.01. The largest absolute Gasteiger partial charge is 0.310 e. The van der Waals surface area contributed by atoms with E-state index in [9.17, 15) is 0 Å². The molecule has 0 aliphatic heterocycles. The lowest BCUT2D eigenvalue weighted by Crippen LogP contribution is -2.10. The molecule has 0 fully saturated rings. The van der Waals surface area contributed by atoms with Crippen LogP contribution in [0.2, 0.25) is 0 Å². The van der Waals surface area contributed by atoms with E-state index in [0.29, 0.717) is 0 Å². The van der Waals surface area contributed by atoms with Gasteiger partial charge >= 0.3 is 0 Å². The van der Waals surface area contributed by atoms with Gasteiger partial charge in [0.2, 0.25) is 0 Å². The molecular formula is C40H26N2. The van der Waals surface area contributed by atoms with Gasteiger partial charge < -0.3 is 9.47 Å². The predicted molar refractivity (Wildman–Crippen MR) is 177 cm³/mol. The summed E-state index contributed by atoms with van der Waals surface area (Å²) < 4.78 is 2.43. The van der Waals surface area contributed by atoms with Gasteiger partial charge in [0, 0.05) is 38.6 Å². The molecule has 0 amide bonds. The Kier molecular flexibility index (Phi) is 4.93. The Bertz CT molecular complexity index is 2240. The lowest BCUT2D eigenvalue weighted by atomic mass is 9.92. The summed E-state index contributed by atoms with van der Waals surface area (Å²) in [4.78, 5) is 2.39. The molecule has 0 radical (unpaired) electrons. The first-order valence-corrected chi connectivity index (χ1v) is 14.5. The van der Waals surface area contributed by atoms with Crippen LogP contribution in [-0.2, 0) is 0 Å². The maximum Gasteiger partial charge on any atom is 0.0548 e. The SMILES string of the molecule is c1ccc(N(c2ccccc2)c2ccc3c4c2ccc2c4c4c(cccc4n2-c2ccccc2)-c2ccccc2-3)cc1. The molecule has 0 atom stereocenters. The molecule has 9 rings (SSSR count).